The number of rotatable bonds is 24. The van der Waals surface area contributed by atoms with Crippen molar-refractivity contribution in [2.75, 3.05) is 68.3 Å². The Bertz CT molecular complexity index is 2000. The van der Waals surface area contributed by atoms with E-state index in [-0.39, 0.29) is 11.4 Å². The van der Waals surface area contributed by atoms with Crippen molar-refractivity contribution in [3.63, 3.8) is 0 Å². The van der Waals surface area contributed by atoms with Gasteiger partial charge in [-0.25, -0.2) is 10.5 Å². The number of aromatic nitrogens is 3. The van der Waals surface area contributed by atoms with Crippen molar-refractivity contribution in [1.29, 1.82) is 0 Å². The maximum Gasteiger partial charge on any atom is 0.233 e. The van der Waals surface area contributed by atoms with Gasteiger partial charge in [0.15, 0.2) is 5.75 Å². The summed E-state index contributed by atoms with van der Waals surface area (Å²) in [6, 6.07) is 18.1. The Morgan fingerprint density at radius 2 is 1.29 bits per heavy atom. The molecule has 0 spiro atoms. The number of nitrogens with one attached hydrogen (secondary N) is 3. The zero-order chi connectivity index (χ0) is 39.7. The fraction of sp³-hybridized carbons (Fsp3) is 0.378. The SMILES string of the molecule is CCN(CC)CCCNc1nc(NCCCN(CC)CC)nc(Nc2ccc3c(O)c(N=Nc4ccc5ccc(SOOO)cc5c4)c(SOOO)cc3c2)n1. The van der Waals surface area contributed by atoms with E-state index in [0.29, 0.717) is 74.9 Å². The highest BCUT2D eigenvalue weighted by molar-refractivity contribution is 7.94. The number of anilines is 4. The number of hydrogen-bond acceptors (Lipinski definition) is 19. The molecule has 0 atom stereocenters. The average molecular weight is 809 g/mol. The van der Waals surface area contributed by atoms with Crippen LogP contribution >= 0.6 is 24.1 Å². The van der Waals surface area contributed by atoms with Crippen LogP contribution in [0.3, 0.4) is 0 Å². The van der Waals surface area contributed by atoms with Gasteiger partial charge < -0.3 is 30.9 Å². The van der Waals surface area contributed by atoms with Crippen molar-refractivity contribution >= 4 is 80.5 Å². The summed E-state index contributed by atoms with van der Waals surface area (Å²) in [5, 5.41) is 58.0. The van der Waals surface area contributed by atoms with Crippen LogP contribution in [0.1, 0.15) is 40.5 Å². The van der Waals surface area contributed by atoms with E-state index in [1.807, 2.05) is 30.3 Å². The molecular formula is C37H48N10O7S2. The minimum atomic E-state index is -0.157. The number of phenolic OH excluding ortho intramolecular Hbond substituents is 1. The maximum atomic E-state index is 11.4. The van der Waals surface area contributed by atoms with Gasteiger partial charge in [0.2, 0.25) is 17.8 Å². The molecule has 0 aliphatic carbocycles. The first kappa shape index (κ1) is 42.7. The second-order valence-corrected chi connectivity index (χ2v) is 13.9. The van der Waals surface area contributed by atoms with Crippen LogP contribution in [-0.4, -0.2) is 92.7 Å². The molecule has 300 valence electrons. The molecule has 0 saturated heterocycles. The van der Waals surface area contributed by atoms with Gasteiger partial charge in [-0.05, 0) is 117 Å². The van der Waals surface area contributed by atoms with Gasteiger partial charge in [0.25, 0.3) is 0 Å². The van der Waals surface area contributed by atoms with E-state index in [4.69, 9.17) is 14.8 Å². The summed E-state index contributed by atoms with van der Waals surface area (Å²) in [5.74, 6) is 1.10. The molecule has 0 saturated carbocycles. The molecule has 6 N–H and O–H groups in total. The summed E-state index contributed by atoms with van der Waals surface area (Å²) in [6.07, 6.45) is 1.87. The molecule has 0 bridgehead atoms. The van der Waals surface area contributed by atoms with Crippen molar-refractivity contribution < 1.29 is 34.4 Å². The molecule has 19 heteroatoms. The van der Waals surface area contributed by atoms with Crippen molar-refractivity contribution in [3.05, 3.63) is 60.7 Å². The van der Waals surface area contributed by atoms with E-state index in [0.717, 1.165) is 74.9 Å². The summed E-state index contributed by atoms with van der Waals surface area (Å²) in [5.41, 5.74) is 1.25. The van der Waals surface area contributed by atoms with Gasteiger partial charge in [-0.2, -0.15) is 20.1 Å². The average Bonchev–Trinajstić information content (AvgIpc) is 3.21. The first-order chi connectivity index (χ1) is 27.4. The quantitative estimate of drug-likeness (QED) is 0.0113. The topological polar surface area (TPSA) is 204 Å². The van der Waals surface area contributed by atoms with Crippen LogP contribution in [0.15, 0.2) is 80.7 Å². The molecule has 5 aromatic rings. The normalized spacial score (nSPS) is 11.8. The molecule has 17 nitrogen and oxygen atoms in total. The van der Waals surface area contributed by atoms with Crippen LogP contribution in [0, 0.1) is 0 Å². The minimum absolute atomic E-state index is 0.101. The minimum Gasteiger partial charge on any atom is -0.505 e. The lowest BCUT2D eigenvalue weighted by atomic mass is 10.1. The van der Waals surface area contributed by atoms with Crippen molar-refractivity contribution in [1.82, 2.24) is 24.8 Å². The Morgan fingerprint density at radius 3 is 1.93 bits per heavy atom. The molecule has 0 unspecified atom stereocenters. The van der Waals surface area contributed by atoms with Gasteiger partial charge in [-0.3, -0.25) is 0 Å². The number of benzene rings is 4. The maximum absolute atomic E-state index is 11.4. The Kier molecular flexibility index (Phi) is 17.1. The second-order valence-electron chi connectivity index (χ2n) is 12.4. The van der Waals surface area contributed by atoms with Gasteiger partial charge >= 0.3 is 0 Å². The summed E-state index contributed by atoms with van der Waals surface area (Å²) >= 11 is 1.50. The first-order valence-electron chi connectivity index (χ1n) is 18.4. The van der Waals surface area contributed by atoms with E-state index >= 15 is 0 Å². The smallest absolute Gasteiger partial charge is 0.233 e. The fourth-order valence-electron chi connectivity index (χ4n) is 5.93. The summed E-state index contributed by atoms with van der Waals surface area (Å²) < 4.78 is 9.30. The highest BCUT2D eigenvalue weighted by atomic mass is 32.2. The Morgan fingerprint density at radius 1 is 0.661 bits per heavy atom. The molecule has 0 fully saturated rings. The third-order valence-corrected chi connectivity index (χ3v) is 10.2. The highest BCUT2D eigenvalue weighted by Gasteiger charge is 2.17. The molecule has 56 heavy (non-hydrogen) atoms. The van der Waals surface area contributed by atoms with Gasteiger partial charge in [-0.1, -0.05) is 49.9 Å². The monoisotopic (exact) mass is 808 g/mol. The lowest BCUT2D eigenvalue weighted by Gasteiger charge is -2.18. The summed E-state index contributed by atoms with van der Waals surface area (Å²) in [6.45, 7) is 16.0. The van der Waals surface area contributed by atoms with Crippen LogP contribution in [0.5, 0.6) is 5.75 Å². The number of hydrogen-bond donors (Lipinski definition) is 6. The lowest BCUT2D eigenvalue weighted by Crippen LogP contribution is -2.26. The van der Waals surface area contributed by atoms with E-state index in [9.17, 15) is 5.11 Å². The first-order valence-corrected chi connectivity index (χ1v) is 19.9. The van der Waals surface area contributed by atoms with Crippen molar-refractivity contribution in [3.8, 4) is 5.75 Å². The standard InChI is InChI=1S/C37H48N10O7S2/c1-5-46(6-2)19-9-17-38-35-41-36(39-18-10-20-47(7-3)8-4)43-37(42-35)40-28-14-16-31-27(22-28)24-32(56-54-52-50)33(34(31)48)45-44-29-13-11-25-12-15-30(55-53-51-49)23-26(25)21-29/h11-16,21-24,48-50H,5-10,17-20H2,1-4H3,(H3,38,39,40,41,42,43). The number of fused-ring (bicyclic) bond motifs is 2. The van der Waals surface area contributed by atoms with Crippen LogP contribution in [0.25, 0.3) is 21.5 Å². The highest BCUT2D eigenvalue weighted by Crippen LogP contribution is 2.44. The Labute approximate surface area is 334 Å². The van der Waals surface area contributed by atoms with Gasteiger partial charge in [0.1, 0.15) is 5.69 Å². The third-order valence-electron chi connectivity index (χ3n) is 8.98. The van der Waals surface area contributed by atoms with Crippen LogP contribution in [0.4, 0.5) is 34.9 Å². The van der Waals surface area contributed by atoms with Gasteiger partial charge in [-0.15, -0.1) is 13.8 Å². The molecule has 0 radical (unpaired) electrons. The molecule has 5 rings (SSSR count). The Hall–Kier alpha value is -4.41. The van der Waals surface area contributed by atoms with Crippen LogP contribution in [0.2, 0.25) is 0 Å². The number of azo groups is 1. The summed E-state index contributed by atoms with van der Waals surface area (Å²) in [7, 11) is 0. The largest absolute Gasteiger partial charge is 0.505 e. The summed E-state index contributed by atoms with van der Waals surface area (Å²) in [4.78, 5) is 19.7. The molecule has 0 aliphatic rings. The number of phenols is 1. The van der Waals surface area contributed by atoms with Gasteiger partial charge in [0.05, 0.1) is 34.7 Å². The van der Waals surface area contributed by atoms with E-state index in [2.05, 4.69) is 93.0 Å². The molecule has 1 heterocycles. The van der Waals surface area contributed by atoms with Crippen LogP contribution in [-0.2, 0) is 18.7 Å². The van der Waals surface area contributed by atoms with Gasteiger partial charge in [0, 0.05) is 29.1 Å². The van der Waals surface area contributed by atoms with Crippen molar-refractivity contribution in [2.24, 2.45) is 10.2 Å². The molecule has 0 aliphatic heterocycles. The van der Waals surface area contributed by atoms with E-state index in [1.165, 1.54) is 0 Å². The molecule has 0 amide bonds. The zero-order valence-electron chi connectivity index (χ0n) is 31.8. The molecule has 1 aromatic heterocycles. The molecule has 4 aromatic carbocycles. The Balaban J connectivity index is 1.38. The lowest BCUT2D eigenvalue weighted by molar-refractivity contribution is -0.432. The fourth-order valence-corrected chi connectivity index (χ4v) is 6.84. The number of nitrogens with zero attached hydrogens (tertiary/aromatic N) is 7. The predicted octanol–water partition coefficient (Wildman–Crippen LogP) is 9.19. The van der Waals surface area contributed by atoms with E-state index < -0.39 is 0 Å². The van der Waals surface area contributed by atoms with Crippen LogP contribution < -0.4 is 16.0 Å². The zero-order valence-corrected chi connectivity index (χ0v) is 33.4. The van der Waals surface area contributed by atoms with Crippen molar-refractivity contribution in [2.45, 2.75) is 50.3 Å². The van der Waals surface area contributed by atoms with E-state index in [1.54, 1.807) is 30.3 Å². The number of aromatic hydroxyl groups is 1. The third kappa shape index (κ3) is 12.3. The molecular weight excluding hydrogens is 761 g/mol. The second kappa shape index (κ2) is 22.4. The predicted molar refractivity (Wildman–Crippen MR) is 220 cm³/mol.